The molecule has 0 aromatic carbocycles. The van der Waals surface area contributed by atoms with E-state index in [9.17, 15) is 0 Å². The van der Waals surface area contributed by atoms with Gasteiger partial charge in [0.1, 0.15) is 5.69 Å². The molecule has 0 spiro atoms. The Bertz CT molecular complexity index is 513. The molecule has 0 saturated heterocycles. The summed E-state index contributed by atoms with van der Waals surface area (Å²) in [5.74, 6) is 1.32. The lowest BCUT2D eigenvalue weighted by Gasteiger charge is -2.14. The van der Waals surface area contributed by atoms with Crippen molar-refractivity contribution < 1.29 is 0 Å². The minimum absolute atomic E-state index is 0.580. The van der Waals surface area contributed by atoms with E-state index in [1.165, 1.54) is 5.56 Å². The van der Waals surface area contributed by atoms with E-state index >= 15 is 0 Å². The normalized spacial score (nSPS) is 12.6. The van der Waals surface area contributed by atoms with E-state index in [0.29, 0.717) is 5.92 Å². The van der Waals surface area contributed by atoms with Crippen LogP contribution in [0.4, 0.5) is 0 Å². The van der Waals surface area contributed by atoms with Crippen LogP contribution in [0.2, 0.25) is 0 Å². The van der Waals surface area contributed by atoms with Crippen molar-refractivity contribution in [3.8, 4) is 11.5 Å². The van der Waals surface area contributed by atoms with Gasteiger partial charge in [-0.1, -0.05) is 6.92 Å². The molecule has 1 N–H and O–H groups in total. The Hall–Kier alpha value is -1.33. The molecule has 1 atom stereocenters. The van der Waals surface area contributed by atoms with Crippen molar-refractivity contribution >= 4 is 11.3 Å². The number of aryl methyl sites for hydroxylation is 2. The maximum Gasteiger partial charge on any atom is 0.179 e. The van der Waals surface area contributed by atoms with Crippen molar-refractivity contribution in [1.82, 2.24) is 20.3 Å². The topological polar surface area (TPSA) is 50.7 Å². The summed E-state index contributed by atoms with van der Waals surface area (Å²) in [7, 11) is 1.98. The largest absolute Gasteiger partial charge is 0.319 e. The first kappa shape index (κ1) is 14.1. The van der Waals surface area contributed by atoms with Crippen molar-refractivity contribution in [3.63, 3.8) is 0 Å². The van der Waals surface area contributed by atoms with Gasteiger partial charge >= 0.3 is 0 Å². The summed E-state index contributed by atoms with van der Waals surface area (Å²) >= 11 is 1.57. The zero-order valence-corrected chi connectivity index (χ0v) is 12.7. The molecule has 0 aliphatic heterocycles. The highest BCUT2D eigenvalue weighted by atomic mass is 32.1. The Morgan fingerprint density at radius 2 is 1.95 bits per heavy atom. The summed E-state index contributed by atoms with van der Waals surface area (Å²) in [6.45, 7) is 7.37. The van der Waals surface area contributed by atoms with Crippen LogP contribution in [0, 0.1) is 19.8 Å². The fourth-order valence-electron chi connectivity index (χ4n) is 2.24. The highest BCUT2D eigenvalue weighted by Gasteiger charge is 2.13. The molecule has 0 aliphatic rings. The van der Waals surface area contributed by atoms with Gasteiger partial charge in [-0.25, -0.2) is 15.0 Å². The molecule has 4 nitrogen and oxygen atoms in total. The molecule has 2 aromatic rings. The molecule has 0 amide bonds. The third-order valence-corrected chi connectivity index (χ3v) is 3.77. The van der Waals surface area contributed by atoms with Crippen LogP contribution >= 0.6 is 11.3 Å². The first-order valence-electron chi connectivity index (χ1n) is 6.49. The number of rotatable bonds is 5. The van der Waals surface area contributed by atoms with E-state index in [4.69, 9.17) is 0 Å². The lowest BCUT2D eigenvalue weighted by Crippen LogP contribution is -2.19. The molecule has 2 aromatic heterocycles. The first-order chi connectivity index (χ1) is 9.11. The predicted molar refractivity (Wildman–Crippen MR) is 79.4 cm³/mol. The van der Waals surface area contributed by atoms with Crippen molar-refractivity contribution in [2.75, 3.05) is 13.6 Å². The van der Waals surface area contributed by atoms with Crippen LogP contribution in [-0.4, -0.2) is 28.5 Å². The molecule has 0 saturated carbocycles. The van der Waals surface area contributed by atoms with E-state index in [0.717, 1.165) is 35.9 Å². The quantitative estimate of drug-likeness (QED) is 0.912. The van der Waals surface area contributed by atoms with Crippen molar-refractivity contribution in [2.45, 2.75) is 27.2 Å². The molecule has 0 fully saturated rings. The summed E-state index contributed by atoms with van der Waals surface area (Å²) < 4.78 is 0. The lowest BCUT2D eigenvalue weighted by atomic mass is 9.98. The maximum atomic E-state index is 4.60. The van der Waals surface area contributed by atoms with E-state index in [1.807, 2.05) is 17.9 Å². The summed E-state index contributed by atoms with van der Waals surface area (Å²) in [4.78, 5) is 13.5. The number of nitrogens with zero attached hydrogens (tertiary/aromatic N) is 3. The van der Waals surface area contributed by atoms with Gasteiger partial charge in [-0.15, -0.1) is 11.3 Å². The SMILES string of the molecule is CNCC(C)Cc1c(C)nc(-c2cscn2)nc1C. The number of thiazole rings is 1. The first-order valence-corrected chi connectivity index (χ1v) is 7.43. The van der Waals surface area contributed by atoms with E-state index in [2.05, 4.69) is 41.0 Å². The van der Waals surface area contributed by atoms with E-state index in [1.54, 1.807) is 11.3 Å². The molecule has 2 rings (SSSR count). The van der Waals surface area contributed by atoms with Crippen molar-refractivity contribution in [2.24, 2.45) is 5.92 Å². The van der Waals surface area contributed by atoms with Crippen LogP contribution in [0.5, 0.6) is 0 Å². The fourth-order valence-corrected chi connectivity index (χ4v) is 2.77. The Labute approximate surface area is 118 Å². The fraction of sp³-hybridized carbons (Fsp3) is 0.500. The van der Waals surface area contributed by atoms with Crippen LogP contribution in [0.25, 0.3) is 11.5 Å². The zero-order valence-electron chi connectivity index (χ0n) is 11.9. The number of hydrogen-bond donors (Lipinski definition) is 1. The average molecular weight is 276 g/mol. The lowest BCUT2D eigenvalue weighted by molar-refractivity contribution is 0.537. The second-order valence-electron chi connectivity index (χ2n) is 4.94. The van der Waals surface area contributed by atoms with Gasteiger partial charge in [0, 0.05) is 16.8 Å². The molecule has 102 valence electrons. The van der Waals surface area contributed by atoms with E-state index in [-0.39, 0.29) is 0 Å². The van der Waals surface area contributed by atoms with Gasteiger partial charge in [-0.05, 0) is 45.3 Å². The van der Waals surface area contributed by atoms with Gasteiger partial charge in [-0.2, -0.15) is 0 Å². The van der Waals surface area contributed by atoms with Crippen LogP contribution in [0.1, 0.15) is 23.9 Å². The summed E-state index contributed by atoms with van der Waals surface area (Å²) in [5.41, 5.74) is 6.08. The molecule has 1 unspecified atom stereocenters. The Morgan fingerprint density at radius 3 is 2.47 bits per heavy atom. The highest BCUT2D eigenvalue weighted by molar-refractivity contribution is 7.07. The monoisotopic (exact) mass is 276 g/mol. The van der Waals surface area contributed by atoms with Gasteiger partial charge in [-0.3, -0.25) is 0 Å². The Kier molecular flexibility index (Phi) is 4.61. The minimum atomic E-state index is 0.580. The molecule has 0 radical (unpaired) electrons. The second kappa shape index (κ2) is 6.21. The van der Waals surface area contributed by atoms with Gasteiger partial charge < -0.3 is 5.32 Å². The number of aromatic nitrogens is 3. The van der Waals surface area contributed by atoms with Crippen LogP contribution in [0.3, 0.4) is 0 Å². The number of nitrogens with one attached hydrogen (secondary N) is 1. The summed E-state index contributed by atoms with van der Waals surface area (Å²) in [6, 6.07) is 0. The van der Waals surface area contributed by atoms with Gasteiger partial charge in [0.05, 0.1) is 5.51 Å². The average Bonchev–Trinajstić information content (AvgIpc) is 2.87. The molecule has 19 heavy (non-hydrogen) atoms. The Balaban J connectivity index is 2.27. The summed E-state index contributed by atoms with van der Waals surface area (Å²) in [6.07, 6.45) is 1.01. The standard InChI is InChI=1S/C14H20N4S/c1-9(6-15-4)5-12-10(2)17-14(18-11(12)3)13-7-19-8-16-13/h7-9,15H,5-6H2,1-4H3. The third kappa shape index (κ3) is 3.36. The van der Waals surface area contributed by atoms with Crippen molar-refractivity contribution in [1.29, 1.82) is 0 Å². The van der Waals surface area contributed by atoms with Gasteiger partial charge in [0.2, 0.25) is 0 Å². The summed E-state index contributed by atoms with van der Waals surface area (Å²) in [5, 5.41) is 5.19. The highest BCUT2D eigenvalue weighted by Crippen LogP contribution is 2.20. The Morgan fingerprint density at radius 1 is 1.26 bits per heavy atom. The van der Waals surface area contributed by atoms with Crippen LogP contribution in [-0.2, 0) is 6.42 Å². The molecular weight excluding hydrogens is 256 g/mol. The molecule has 0 aliphatic carbocycles. The van der Waals surface area contributed by atoms with E-state index < -0.39 is 0 Å². The van der Waals surface area contributed by atoms with Crippen molar-refractivity contribution in [3.05, 3.63) is 27.8 Å². The van der Waals surface area contributed by atoms with Crippen LogP contribution in [0.15, 0.2) is 10.9 Å². The molecule has 5 heteroatoms. The molecular formula is C14H20N4S. The van der Waals surface area contributed by atoms with Crippen LogP contribution < -0.4 is 5.32 Å². The maximum absolute atomic E-state index is 4.60. The predicted octanol–water partition coefficient (Wildman–Crippen LogP) is 2.61. The molecule has 0 bridgehead atoms. The second-order valence-corrected chi connectivity index (χ2v) is 5.66. The zero-order chi connectivity index (χ0) is 13.8. The smallest absolute Gasteiger partial charge is 0.179 e. The number of hydrogen-bond acceptors (Lipinski definition) is 5. The molecule has 2 heterocycles. The third-order valence-electron chi connectivity index (χ3n) is 3.19. The van der Waals surface area contributed by atoms with Gasteiger partial charge in [0.25, 0.3) is 0 Å². The van der Waals surface area contributed by atoms with Gasteiger partial charge in [0.15, 0.2) is 5.82 Å². The minimum Gasteiger partial charge on any atom is -0.319 e.